The van der Waals surface area contributed by atoms with E-state index in [1.54, 1.807) is 0 Å². The van der Waals surface area contributed by atoms with Crippen LogP contribution in [0.5, 0.6) is 5.75 Å². The van der Waals surface area contributed by atoms with Crippen LogP contribution < -0.4 is 20.7 Å². The summed E-state index contributed by atoms with van der Waals surface area (Å²) in [5, 5.41) is 17.8. The van der Waals surface area contributed by atoms with Crippen LogP contribution >= 0.6 is 11.6 Å². The number of aromatic nitrogens is 1. The molecule has 2 aromatic rings. The number of benzene rings is 1. The van der Waals surface area contributed by atoms with Crippen molar-refractivity contribution in [3.63, 3.8) is 0 Å². The molecular formula is C25H30ClFN4O6. The number of hydrogen-bond donors (Lipinski definition) is 5. The van der Waals surface area contributed by atoms with E-state index in [4.69, 9.17) is 16.3 Å². The molecule has 1 aliphatic carbocycles. The van der Waals surface area contributed by atoms with Crippen LogP contribution in [-0.2, 0) is 14.4 Å². The molecule has 2 aliphatic rings. The number of H-pyrrole nitrogens is 1. The first-order valence-electron chi connectivity index (χ1n) is 12.1. The van der Waals surface area contributed by atoms with Gasteiger partial charge in [0, 0.05) is 16.8 Å². The number of carbonyl (C=O) groups excluding carboxylic acids is 3. The van der Waals surface area contributed by atoms with E-state index < -0.39 is 47.1 Å². The van der Waals surface area contributed by atoms with E-state index in [0.29, 0.717) is 23.7 Å². The Morgan fingerprint density at radius 3 is 2.49 bits per heavy atom. The smallest absolute Gasteiger partial charge is 0.326 e. The van der Waals surface area contributed by atoms with Crippen molar-refractivity contribution in [2.75, 3.05) is 7.11 Å². The van der Waals surface area contributed by atoms with E-state index in [0.717, 1.165) is 12.8 Å². The number of amides is 3. The molecule has 200 valence electrons. The molecule has 0 unspecified atom stereocenters. The van der Waals surface area contributed by atoms with Crippen molar-refractivity contribution in [2.24, 2.45) is 11.8 Å². The maximum atomic E-state index is 14.3. The van der Waals surface area contributed by atoms with Gasteiger partial charge in [-0.05, 0) is 51.2 Å². The van der Waals surface area contributed by atoms with Gasteiger partial charge in [-0.1, -0.05) is 24.4 Å². The van der Waals surface area contributed by atoms with Gasteiger partial charge in [0.25, 0.3) is 5.91 Å². The predicted molar refractivity (Wildman–Crippen MR) is 133 cm³/mol. The summed E-state index contributed by atoms with van der Waals surface area (Å²) >= 11 is 5.91. The lowest BCUT2D eigenvalue weighted by atomic mass is 9.91. The molecule has 5 N–H and O–H groups in total. The minimum Gasteiger partial charge on any atom is -0.493 e. The number of aliphatic carboxylic acids is 1. The number of aromatic amines is 1. The first-order valence-corrected chi connectivity index (χ1v) is 12.5. The van der Waals surface area contributed by atoms with Gasteiger partial charge in [-0.2, -0.15) is 0 Å². The average molecular weight is 537 g/mol. The quantitative estimate of drug-likeness (QED) is 0.315. The highest BCUT2D eigenvalue weighted by Crippen LogP contribution is 2.35. The van der Waals surface area contributed by atoms with Gasteiger partial charge in [0.15, 0.2) is 11.6 Å². The van der Waals surface area contributed by atoms with Gasteiger partial charge in [0.05, 0.1) is 17.6 Å². The Morgan fingerprint density at radius 1 is 1.22 bits per heavy atom. The first-order chi connectivity index (χ1) is 17.4. The average Bonchev–Trinajstić information content (AvgIpc) is 3.46. The normalized spacial score (nSPS) is 20.2. The van der Waals surface area contributed by atoms with Crippen molar-refractivity contribution in [3.05, 3.63) is 28.7 Å². The van der Waals surface area contributed by atoms with Crippen LogP contribution in [0.3, 0.4) is 0 Å². The van der Waals surface area contributed by atoms with E-state index >= 15 is 0 Å². The van der Waals surface area contributed by atoms with E-state index in [1.165, 1.54) is 19.2 Å². The highest BCUT2D eigenvalue weighted by molar-refractivity contribution is 6.31. The third-order valence-electron chi connectivity index (χ3n) is 6.83. The first kappa shape index (κ1) is 26.7. The topological polar surface area (TPSA) is 150 Å². The third-order valence-corrected chi connectivity index (χ3v) is 7.11. The molecule has 2 heterocycles. The van der Waals surface area contributed by atoms with E-state index in [9.17, 15) is 28.7 Å². The zero-order valence-corrected chi connectivity index (χ0v) is 21.5. The van der Waals surface area contributed by atoms with E-state index in [-0.39, 0.29) is 34.7 Å². The van der Waals surface area contributed by atoms with Crippen LogP contribution in [0.4, 0.5) is 4.39 Å². The third kappa shape index (κ3) is 5.98. The number of ether oxygens (including phenoxy) is 1. The molecule has 1 aromatic carbocycles. The zero-order valence-electron chi connectivity index (χ0n) is 20.7. The standard InChI is InChI=1S/C25H30ClFN4O6/c1-25(2)10-12(21(32)31-25)7-18(24(35)36)30-22(33)16(6-11-4-5-11)29-23(34)17-8-13-15(28-17)9-14(26)19(27)20(13)37-3/h8-9,11-12,16,18,28H,4-7,10H2,1-3H3,(H,29,34)(H,30,33)(H,31,32)(H,35,36)/t12-,16+,18+/m1/s1. The van der Waals surface area contributed by atoms with Gasteiger partial charge in [-0.3, -0.25) is 14.4 Å². The maximum absolute atomic E-state index is 14.3. The number of rotatable bonds is 10. The molecule has 1 aromatic heterocycles. The number of nitrogens with one attached hydrogen (secondary N) is 4. The minimum absolute atomic E-state index is 0.0585. The van der Waals surface area contributed by atoms with Crippen molar-refractivity contribution >= 4 is 46.2 Å². The fourth-order valence-electron chi connectivity index (χ4n) is 4.83. The molecule has 2 fully saturated rings. The fraction of sp³-hybridized carbons (Fsp3) is 0.520. The van der Waals surface area contributed by atoms with Crippen molar-refractivity contribution in [2.45, 2.75) is 63.6 Å². The zero-order chi connectivity index (χ0) is 27.1. The lowest BCUT2D eigenvalue weighted by molar-refractivity contribution is -0.142. The van der Waals surface area contributed by atoms with Gasteiger partial charge in [-0.25, -0.2) is 9.18 Å². The second-order valence-corrected chi connectivity index (χ2v) is 10.9. The van der Waals surface area contributed by atoms with Crippen molar-refractivity contribution in [3.8, 4) is 5.75 Å². The number of carboxylic acid groups (broad SMARTS) is 1. The second kappa shape index (κ2) is 10.2. The van der Waals surface area contributed by atoms with Crippen molar-refractivity contribution in [1.82, 2.24) is 20.9 Å². The van der Waals surface area contributed by atoms with Crippen LogP contribution in [0.25, 0.3) is 10.9 Å². The molecule has 10 nitrogen and oxygen atoms in total. The van der Waals surface area contributed by atoms with Crippen molar-refractivity contribution < 1.29 is 33.4 Å². The van der Waals surface area contributed by atoms with Crippen molar-refractivity contribution in [1.29, 1.82) is 0 Å². The van der Waals surface area contributed by atoms with Gasteiger partial charge in [0.1, 0.15) is 17.8 Å². The summed E-state index contributed by atoms with van der Waals surface area (Å²) < 4.78 is 19.4. The lowest BCUT2D eigenvalue weighted by Crippen LogP contribution is -2.52. The second-order valence-electron chi connectivity index (χ2n) is 10.5. The van der Waals surface area contributed by atoms with E-state index in [2.05, 4.69) is 20.9 Å². The van der Waals surface area contributed by atoms with E-state index in [1.807, 2.05) is 13.8 Å². The summed E-state index contributed by atoms with van der Waals surface area (Å²) in [5.74, 6) is -3.98. The molecule has 0 radical (unpaired) electrons. The molecule has 12 heteroatoms. The van der Waals surface area contributed by atoms with Crippen LogP contribution in [0.1, 0.15) is 56.4 Å². The summed E-state index contributed by atoms with van der Waals surface area (Å²) in [7, 11) is 1.28. The molecule has 3 atom stereocenters. The minimum atomic E-state index is -1.29. The molecule has 0 spiro atoms. The summed E-state index contributed by atoms with van der Waals surface area (Å²) in [5.41, 5.74) is -0.0179. The summed E-state index contributed by atoms with van der Waals surface area (Å²) in [6.45, 7) is 3.70. The highest BCUT2D eigenvalue weighted by atomic mass is 35.5. The molecule has 1 saturated carbocycles. The highest BCUT2D eigenvalue weighted by Gasteiger charge is 2.40. The Hall–Kier alpha value is -3.34. The van der Waals surface area contributed by atoms with Gasteiger partial charge < -0.3 is 30.8 Å². The summed E-state index contributed by atoms with van der Waals surface area (Å²) in [6, 6.07) is 0.440. The van der Waals surface area contributed by atoms with Crippen LogP contribution in [0, 0.1) is 17.7 Å². The Bertz CT molecular complexity index is 1260. The van der Waals surface area contributed by atoms with Crippen LogP contribution in [0.15, 0.2) is 12.1 Å². The van der Waals surface area contributed by atoms with Gasteiger partial charge in [-0.15, -0.1) is 0 Å². The number of fused-ring (bicyclic) bond motifs is 1. The van der Waals surface area contributed by atoms with Gasteiger partial charge >= 0.3 is 5.97 Å². The number of hydrogen-bond acceptors (Lipinski definition) is 5. The molecule has 0 bridgehead atoms. The SMILES string of the molecule is COc1c(F)c(Cl)cc2[nH]c(C(=O)N[C@@H](CC3CC3)C(=O)N[C@@H](C[C@@H]3CC(C)(C)NC3=O)C(=O)O)cc12. The van der Waals surface area contributed by atoms with Crippen LogP contribution in [0.2, 0.25) is 5.02 Å². The van der Waals surface area contributed by atoms with Crippen LogP contribution in [-0.4, -0.2) is 58.5 Å². The number of methoxy groups -OCH3 is 1. The Balaban J connectivity index is 1.49. The monoisotopic (exact) mass is 536 g/mol. The summed E-state index contributed by atoms with van der Waals surface area (Å²) in [6.07, 6.45) is 2.53. The predicted octanol–water partition coefficient (Wildman–Crippen LogP) is 2.74. The van der Waals surface area contributed by atoms with Gasteiger partial charge in [0.2, 0.25) is 11.8 Å². The fourth-order valence-corrected chi connectivity index (χ4v) is 5.02. The summed E-state index contributed by atoms with van der Waals surface area (Å²) in [4.78, 5) is 53.2. The number of carbonyl (C=O) groups is 4. The molecule has 3 amide bonds. The molecule has 1 aliphatic heterocycles. The lowest BCUT2D eigenvalue weighted by Gasteiger charge is -2.22. The largest absolute Gasteiger partial charge is 0.493 e. The molecule has 37 heavy (non-hydrogen) atoms. The molecule has 4 rings (SSSR count). The maximum Gasteiger partial charge on any atom is 0.326 e. The Kier molecular flexibility index (Phi) is 7.36. The number of carboxylic acids is 1. The Morgan fingerprint density at radius 2 is 1.92 bits per heavy atom. The molecule has 1 saturated heterocycles. The Labute approximate surface area is 217 Å². The molecular weight excluding hydrogens is 507 g/mol. The number of halogens is 2.